The van der Waals surface area contributed by atoms with E-state index in [2.05, 4.69) is 5.32 Å². The molecule has 2 atom stereocenters. The number of amides is 1. The second-order valence-electron chi connectivity index (χ2n) is 7.15. The lowest BCUT2D eigenvalue weighted by Crippen LogP contribution is -2.48. The quantitative estimate of drug-likeness (QED) is 0.828. The van der Waals surface area contributed by atoms with E-state index < -0.39 is 15.9 Å². The van der Waals surface area contributed by atoms with Crippen LogP contribution >= 0.6 is 0 Å². The smallest absolute Gasteiger partial charge is 0.239 e. The minimum absolute atomic E-state index is 0.0583. The molecule has 1 amide bonds. The predicted molar refractivity (Wildman–Crippen MR) is 107 cm³/mol. The number of nitrogens with zero attached hydrogens (tertiary/aromatic N) is 1. The number of benzene rings is 2. The molecule has 0 bridgehead atoms. The summed E-state index contributed by atoms with van der Waals surface area (Å²) in [5, 5.41) is 3.43. The summed E-state index contributed by atoms with van der Waals surface area (Å²) < 4.78 is 23.5. The molecular weight excluding hydrogens is 360 g/mol. The highest BCUT2D eigenvalue weighted by molar-refractivity contribution is 7.91. The van der Waals surface area contributed by atoms with Gasteiger partial charge in [0.05, 0.1) is 23.6 Å². The van der Waals surface area contributed by atoms with Gasteiger partial charge >= 0.3 is 0 Å². The molecule has 1 aliphatic rings. The molecular formula is C21H26N2O3S. The average Bonchev–Trinajstić information content (AvgIpc) is 3.06. The number of nitrogens with one attached hydrogen (secondary N) is 1. The van der Waals surface area contributed by atoms with E-state index in [-0.39, 0.29) is 29.5 Å². The van der Waals surface area contributed by atoms with Crippen LogP contribution in [0.15, 0.2) is 60.7 Å². The van der Waals surface area contributed by atoms with Gasteiger partial charge in [-0.25, -0.2) is 8.42 Å². The fourth-order valence-corrected chi connectivity index (χ4v) is 5.34. The number of likely N-dealkylation sites (N-methyl/N-ethyl adjacent to an activating group) is 1. The lowest BCUT2D eigenvalue weighted by Gasteiger charge is -2.30. The predicted octanol–water partition coefficient (Wildman–Crippen LogP) is 2.40. The Hall–Kier alpha value is -2.18. The summed E-state index contributed by atoms with van der Waals surface area (Å²) >= 11 is 0. The van der Waals surface area contributed by atoms with Crippen molar-refractivity contribution >= 4 is 15.7 Å². The Balaban J connectivity index is 1.76. The van der Waals surface area contributed by atoms with Crippen LogP contribution < -0.4 is 5.32 Å². The van der Waals surface area contributed by atoms with Gasteiger partial charge in [0.1, 0.15) is 0 Å². The molecule has 0 radical (unpaired) electrons. The van der Waals surface area contributed by atoms with Crippen molar-refractivity contribution in [2.45, 2.75) is 31.5 Å². The largest absolute Gasteiger partial charge is 0.340 e. The zero-order valence-corrected chi connectivity index (χ0v) is 16.5. The summed E-state index contributed by atoms with van der Waals surface area (Å²) in [6.07, 6.45) is 0.512. The standard InChI is InChI=1S/C21H26N2O3S/c1-16(21(24)23(2)19-13-14-27(25,26)15-19)22-20(17-9-5-3-6-10-17)18-11-7-4-8-12-18/h3-12,16,19-20,22H,13-15H2,1-2H3/t16-,19+/m1/s1. The molecule has 2 aromatic carbocycles. The first-order chi connectivity index (χ1) is 12.9. The van der Waals surface area contributed by atoms with Crippen LogP contribution in [0, 0.1) is 0 Å². The zero-order valence-electron chi connectivity index (χ0n) is 15.7. The Morgan fingerprint density at radius 3 is 2.00 bits per heavy atom. The maximum absolute atomic E-state index is 12.9. The first-order valence-electron chi connectivity index (χ1n) is 9.20. The van der Waals surface area contributed by atoms with Gasteiger partial charge in [-0.2, -0.15) is 0 Å². The molecule has 6 heteroatoms. The lowest BCUT2D eigenvalue weighted by molar-refractivity contribution is -0.133. The maximum atomic E-state index is 12.9. The SMILES string of the molecule is C[C@@H](NC(c1ccccc1)c1ccccc1)C(=O)N(C)[C@H]1CCS(=O)(=O)C1. The first kappa shape index (κ1) is 19.6. The van der Waals surface area contributed by atoms with Crippen molar-refractivity contribution in [2.24, 2.45) is 0 Å². The summed E-state index contributed by atoms with van der Waals surface area (Å²) in [4.78, 5) is 14.5. The molecule has 0 aliphatic carbocycles. The molecule has 3 rings (SSSR count). The molecule has 1 saturated heterocycles. The number of hydrogen-bond acceptors (Lipinski definition) is 4. The highest BCUT2D eigenvalue weighted by atomic mass is 32.2. The third-order valence-electron chi connectivity index (χ3n) is 5.16. The topological polar surface area (TPSA) is 66.5 Å². The van der Waals surface area contributed by atoms with Gasteiger partial charge in [0.2, 0.25) is 5.91 Å². The summed E-state index contributed by atoms with van der Waals surface area (Å²) in [7, 11) is -1.32. The van der Waals surface area contributed by atoms with Crippen LogP contribution in [0.4, 0.5) is 0 Å². The highest BCUT2D eigenvalue weighted by Gasteiger charge is 2.34. The highest BCUT2D eigenvalue weighted by Crippen LogP contribution is 2.23. The molecule has 1 fully saturated rings. The first-order valence-corrected chi connectivity index (χ1v) is 11.0. The van der Waals surface area contributed by atoms with Crippen molar-refractivity contribution in [1.29, 1.82) is 0 Å². The Morgan fingerprint density at radius 2 is 1.56 bits per heavy atom. The maximum Gasteiger partial charge on any atom is 0.239 e. The van der Waals surface area contributed by atoms with Crippen LogP contribution in [0.5, 0.6) is 0 Å². The number of sulfone groups is 1. The molecule has 144 valence electrons. The van der Waals surface area contributed by atoms with Gasteiger partial charge in [0.15, 0.2) is 9.84 Å². The average molecular weight is 387 g/mol. The second kappa shape index (κ2) is 8.23. The van der Waals surface area contributed by atoms with E-state index in [1.54, 1.807) is 11.9 Å². The lowest BCUT2D eigenvalue weighted by atomic mass is 9.97. The third kappa shape index (κ3) is 4.76. The van der Waals surface area contributed by atoms with Gasteiger partial charge in [-0.1, -0.05) is 60.7 Å². The molecule has 2 aromatic rings. The van der Waals surface area contributed by atoms with Gasteiger partial charge in [-0.05, 0) is 24.5 Å². The van der Waals surface area contributed by atoms with Gasteiger partial charge < -0.3 is 4.90 Å². The fourth-order valence-electron chi connectivity index (χ4n) is 3.56. The molecule has 1 aliphatic heterocycles. The summed E-state index contributed by atoms with van der Waals surface area (Å²) in [5.41, 5.74) is 2.16. The van der Waals surface area contributed by atoms with Gasteiger partial charge in [-0.15, -0.1) is 0 Å². The van der Waals surface area contributed by atoms with Crippen molar-refractivity contribution < 1.29 is 13.2 Å². The number of carbonyl (C=O) groups excluding carboxylic acids is 1. The molecule has 1 heterocycles. The van der Waals surface area contributed by atoms with Crippen molar-refractivity contribution in [3.05, 3.63) is 71.8 Å². The van der Waals surface area contributed by atoms with Crippen molar-refractivity contribution in [2.75, 3.05) is 18.6 Å². The molecule has 0 aromatic heterocycles. The van der Waals surface area contributed by atoms with Crippen LogP contribution in [0.1, 0.15) is 30.5 Å². The van der Waals surface area contributed by atoms with E-state index in [1.807, 2.05) is 67.6 Å². The normalized spacial score (nSPS) is 19.7. The van der Waals surface area contributed by atoms with E-state index in [9.17, 15) is 13.2 Å². The Bertz CT molecular complexity index is 829. The molecule has 27 heavy (non-hydrogen) atoms. The summed E-state index contributed by atoms with van der Waals surface area (Å²) in [6, 6.07) is 19.2. The van der Waals surface area contributed by atoms with Crippen LogP contribution in [-0.2, 0) is 14.6 Å². The Labute approximate surface area is 161 Å². The van der Waals surface area contributed by atoms with E-state index >= 15 is 0 Å². The summed E-state index contributed by atoms with van der Waals surface area (Å²) in [6.45, 7) is 1.83. The fraction of sp³-hybridized carbons (Fsp3) is 0.381. The van der Waals surface area contributed by atoms with Crippen molar-refractivity contribution in [3.63, 3.8) is 0 Å². The Morgan fingerprint density at radius 1 is 1.04 bits per heavy atom. The Kier molecular flexibility index (Phi) is 5.97. The van der Waals surface area contributed by atoms with Crippen LogP contribution in [0.25, 0.3) is 0 Å². The van der Waals surface area contributed by atoms with Crippen molar-refractivity contribution in [3.8, 4) is 0 Å². The molecule has 0 saturated carbocycles. The van der Waals surface area contributed by atoms with E-state index in [1.165, 1.54) is 0 Å². The van der Waals surface area contributed by atoms with E-state index in [0.29, 0.717) is 6.42 Å². The minimum Gasteiger partial charge on any atom is -0.340 e. The van der Waals surface area contributed by atoms with E-state index in [0.717, 1.165) is 11.1 Å². The minimum atomic E-state index is -3.02. The third-order valence-corrected chi connectivity index (χ3v) is 6.91. The van der Waals surface area contributed by atoms with Gasteiger partial charge in [0.25, 0.3) is 0 Å². The molecule has 1 N–H and O–H groups in total. The summed E-state index contributed by atoms with van der Waals surface area (Å²) in [5.74, 6) is 0.130. The molecule has 0 spiro atoms. The van der Waals surface area contributed by atoms with Crippen LogP contribution in [0.2, 0.25) is 0 Å². The number of hydrogen-bond donors (Lipinski definition) is 1. The molecule has 5 nitrogen and oxygen atoms in total. The van der Waals surface area contributed by atoms with E-state index in [4.69, 9.17) is 0 Å². The monoisotopic (exact) mass is 386 g/mol. The van der Waals surface area contributed by atoms with Gasteiger partial charge in [0, 0.05) is 13.1 Å². The van der Waals surface area contributed by atoms with Crippen molar-refractivity contribution in [1.82, 2.24) is 10.2 Å². The van der Waals surface area contributed by atoms with Crippen LogP contribution in [0.3, 0.4) is 0 Å². The van der Waals surface area contributed by atoms with Crippen LogP contribution in [-0.4, -0.2) is 49.9 Å². The number of carbonyl (C=O) groups is 1. The molecule has 0 unspecified atom stereocenters. The second-order valence-corrected chi connectivity index (χ2v) is 9.38. The zero-order chi connectivity index (χ0) is 19.4. The van der Waals surface area contributed by atoms with Gasteiger partial charge in [-0.3, -0.25) is 10.1 Å². The number of rotatable bonds is 6.